The first kappa shape index (κ1) is 15.1. The summed E-state index contributed by atoms with van der Waals surface area (Å²) in [5.41, 5.74) is 6.27. The largest absolute Gasteiger partial charge is 0.326 e. The Morgan fingerprint density at radius 2 is 1.95 bits per heavy atom. The second-order valence-corrected chi connectivity index (χ2v) is 7.67. The van der Waals surface area contributed by atoms with Gasteiger partial charge in [0, 0.05) is 23.1 Å². The van der Waals surface area contributed by atoms with E-state index in [4.69, 9.17) is 5.73 Å². The average molecular weight is 296 g/mol. The van der Waals surface area contributed by atoms with Crippen molar-refractivity contribution in [2.75, 3.05) is 0 Å². The summed E-state index contributed by atoms with van der Waals surface area (Å²) in [6.07, 6.45) is 2.90. The maximum Gasteiger partial charge on any atom is 0.269 e. The van der Waals surface area contributed by atoms with E-state index >= 15 is 0 Å². The number of nitro groups is 1. The lowest BCUT2D eigenvalue weighted by Crippen LogP contribution is -2.51. The monoisotopic (exact) mass is 296 g/mol. The quantitative estimate of drug-likeness (QED) is 0.686. The number of nitrogens with zero attached hydrogens (tertiary/aromatic N) is 1. The van der Waals surface area contributed by atoms with Crippen LogP contribution in [0, 0.1) is 15.5 Å². The molecule has 2 rings (SSSR count). The Bertz CT molecular complexity index is 528. The molecule has 3 unspecified atom stereocenters. The Kier molecular flexibility index (Phi) is 4.25. The lowest BCUT2D eigenvalue weighted by molar-refractivity contribution is -0.384. The van der Waals surface area contributed by atoms with Gasteiger partial charge in [-0.1, -0.05) is 20.3 Å². The molecule has 5 nitrogen and oxygen atoms in total. The Morgan fingerprint density at radius 3 is 2.50 bits per heavy atom. The van der Waals surface area contributed by atoms with E-state index in [0.717, 1.165) is 19.3 Å². The number of benzene rings is 1. The fraction of sp³-hybridized carbons (Fsp3) is 0.571. The zero-order chi connectivity index (χ0) is 14.9. The van der Waals surface area contributed by atoms with Crippen LogP contribution in [0.3, 0.4) is 0 Å². The van der Waals surface area contributed by atoms with Crippen LogP contribution in [0.25, 0.3) is 0 Å². The average Bonchev–Trinajstić information content (AvgIpc) is 2.41. The topological polar surface area (TPSA) is 86.2 Å². The summed E-state index contributed by atoms with van der Waals surface area (Å²) in [5, 5.41) is 10.5. The van der Waals surface area contributed by atoms with Gasteiger partial charge in [0.25, 0.3) is 5.69 Å². The van der Waals surface area contributed by atoms with Gasteiger partial charge in [-0.2, -0.15) is 0 Å². The molecule has 0 heterocycles. The van der Waals surface area contributed by atoms with Gasteiger partial charge < -0.3 is 5.73 Å². The molecule has 1 aromatic carbocycles. The van der Waals surface area contributed by atoms with Crippen molar-refractivity contribution in [3.8, 4) is 0 Å². The van der Waals surface area contributed by atoms with E-state index in [-0.39, 0.29) is 22.4 Å². The van der Waals surface area contributed by atoms with Crippen LogP contribution in [-0.4, -0.2) is 20.4 Å². The Balaban J connectivity index is 2.20. The molecule has 0 saturated heterocycles. The first-order valence-corrected chi connectivity index (χ1v) is 7.95. The van der Waals surface area contributed by atoms with E-state index < -0.39 is 15.7 Å². The van der Waals surface area contributed by atoms with E-state index in [1.165, 1.54) is 12.1 Å². The van der Waals surface area contributed by atoms with E-state index in [9.17, 15) is 14.3 Å². The highest BCUT2D eigenvalue weighted by atomic mass is 32.2. The molecular formula is C14H20N2O3S. The summed E-state index contributed by atoms with van der Waals surface area (Å²) >= 11 is 0. The molecule has 0 aromatic heterocycles. The number of hydrogen-bond donors (Lipinski definition) is 1. The van der Waals surface area contributed by atoms with Gasteiger partial charge in [-0.05, 0) is 30.4 Å². The summed E-state index contributed by atoms with van der Waals surface area (Å²) in [7, 11) is -1.22. The summed E-state index contributed by atoms with van der Waals surface area (Å²) in [6, 6.07) is 5.82. The molecular weight excluding hydrogens is 276 g/mol. The minimum absolute atomic E-state index is 0.0130. The van der Waals surface area contributed by atoms with Crippen LogP contribution in [0.5, 0.6) is 0 Å². The van der Waals surface area contributed by atoms with Gasteiger partial charge in [-0.25, -0.2) is 0 Å². The van der Waals surface area contributed by atoms with Crippen molar-refractivity contribution in [3.63, 3.8) is 0 Å². The molecule has 1 saturated carbocycles. The lowest BCUT2D eigenvalue weighted by Gasteiger charge is -2.41. The van der Waals surface area contributed by atoms with E-state index in [0.29, 0.717) is 4.90 Å². The molecule has 3 atom stereocenters. The predicted molar refractivity (Wildman–Crippen MR) is 78.9 cm³/mol. The smallest absolute Gasteiger partial charge is 0.269 e. The number of non-ortho nitro benzene ring substituents is 1. The van der Waals surface area contributed by atoms with Crippen LogP contribution in [0.1, 0.15) is 33.1 Å². The van der Waals surface area contributed by atoms with Crippen molar-refractivity contribution in [2.45, 2.75) is 49.3 Å². The minimum atomic E-state index is -1.22. The first-order chi connectivity index (χ1) is 9.33. The van der Waals surface area contributed by atoms with Crippen LogP contribution in [0.4, 0.5) is 5.69 Å². The molecule has 0 spiro atoms. The van der Waals surface area contributed by atoms with E-state index in [1.54, 1.807) is 12.1 Å². The fourth-order valence-corrected chi connectivity index (χ4v) is 4.49. The van der Waals surface area contributed by atoms with Crippen LogP contribution in [0.15, 0.2) is 29.2 Å². The molecule has 2 N–H and O–H groups in total. The lowest BCUT2D eigenvalue weighted by atomic mass is 9.73. The number of nitrogens with two attached hydrogens (primary N) is 1. The summed E-state index contributed by atoms with van der Waals surface area (Å²) in [5.74, 6) is 0. The van der Waals surface area contributed by atoms with Gasteiger partial charge in [0.05, 0.1) is 21.0 Å². The molecule has 20 heavy (non-hydrogen) atoms. The minimum Gasteiger partial charge on any atom is -0.326 e. The molecule has 0 aliphatic heterocycles. The van der Waals surface area contributed by atoms with Gasteiger partial charge in [0.15, 0.2) is 0 Å². The third-order valence-electron chi connectivity index (χ3n) is 4.17. The summed E-state index contributed by atoms with van der Waals surface area (Å²) in [6.45, 7) is 4.22. The second kappa shape index (κ2) is 5.61. The molecule has 1 aliphatic rings. The maximum absolute atomic E-state index is 12.6. The van der Waals surface area contributed by atoms with Gasteiger partial charge in [0.1, 0.15) is 0 Å². The molecule has 0 bridgehead atoms. The van der Waals surface area contributed by atoms with Crippen molar-refractivity contribution < 1.29 is 9.13 Å². The van der Waals surface area contributed by atoms with Crippen molar-refractivity contribution in [1.82, 2.24) is 0 Å². The summed E-state index contributed by atoms with van der Waals surface area (Å²) < 4.78 is 12.6. The van der Waals surface area contributed by atoms with Crippen molar-refractivity contribution in [3.05, 3.63) is 34.4 Å². The van der Waals surface area contributed by atoms with E-state index in [1.807, 2.05) is 0 Å². The highest BCUT2D eigenvalue weighted by molar-refractivity contribution is 7.85. The van der Waals surface area contributed by atoms with Crippen molar-refractivity contribution in [2.24, 2.45) is 11.1 Å². The standard InChI is InChI=1S/C14H20N2O3S/c1-14(2)9-3-4-12(13(14)15)20(19)11-7-5-10(6-8-11)16(17)18/h5-8,12-13H,3-4,9,15H2,1-2H3. The third-order valence-corrected chi connectivity index (χ3v) is 5.98. The zero-order valence-electron chi connectivity index (χ0n) is 11.7. The van der Waals surface area contributed by atoms with Gasteiger partial charge in [0.2, 0.25) is 0 Å². The molecule has 6 heteroatoms. The molecule has 0 radical (unpaired) electrons. The van der Waals surface area contributed by atoms with Crippen LogP contribution >= 0.6 is 0 Å². The molecule has 110 valence electrons. The second-order valence-electron chi connectivity index (χ2n) is 5.99. The Morgan fingerprint density at radius 1 is 1.35 bits per heavy atom. The summed E-state index contributed by atoms with van der Waals surface area (Å²) in [4.78, 5) is 10.8. The number of nitro benzene ring substituents is 1. The van der Waals surface area contributed by atoms with Crippen LogP contribution in [0.2, 0.25) is 0 Å². The number of hydrogen-bond acceptors (Lipinski definition) is 4. The van der Waals surface area contributed by atoms with Gasteiger partial charge in [-0.3, -0.25) is 14.3 Å². The first-order valence-electron chi connectivity index (χ1n) is 6.73. The van der Waals surface area contributed by atoms with Crippen LogP contribution < -0.4 is 5.73 Å². The molecule has 0 amide bonds. The third kappa shape index (κ3) is 2.91. The zero-order valence-corrected chi connectivity index (χ0v) is 12.6. The highest BCUT2D eigenvalue weighted by Gasteiger charge is 2.39. The molecule has 1 fully saturated rings. The van der Waals surface area contributed by atoms with Gasteiger partial charge >= 0.3 is 0 Å². The van der Waals surface area contributed by atoms with E-state index in [2.05, 4.69) is 13.8 Å². The normalized spacial score (nSPS) is 26.9. The molecule has 1 aromatic rings. The predicted octanol–water partition coefficient (Wildman–Crippen LogP) is 2.61. The Hall–Kier alpha value is -1.27. The number of rotatable bonds is 3. The van der Waals surface area contributed by atoms with Crippen molar-refractivity contribution >= 4 is 16.5 Å². The van der Waals surface area contributed by atoms with Crippen molar-refractivity contribution in [1.29, 1.82) is 0 Å². The SMILES string of the molecule is CC1(C)CCCC(S(=O)c2ccc([N+](=O)[O-])cc2)C1N. The fourth-order valence-electron chi connectivity index (χ4n) is 2.73. The van der Waals surface area contributed by atoms with Gasteiger partial charge in [-0.15, -0.1) is 0 Å². The molecule has 1 aliphatic carbocycles. The Labute approximate surface area is 121 Å². The highest BCUT2D eigenvalue weighted by Crippen LogP contribution is 2.37. The maximum atomic E-state index is 12.6. The van der Waals surface area contributed by atoms with Crippen LogP contribution in [-0.2, 0) is 10.8 Å².